The molecule has 0 saturated heterocycles. The summed E-state index contributed by atoms with van der Waals surface area (Å²) in [5, 5.41) is 12.0. The van der Waals surface area contributed by atoms with E-state index >= 15 is 0 Å². The quantitative estimate of drug-likeness (QED) is 0.503. The molecule has 0 bridgehead atoms. The Labute approximate surface area is 177 Å². The molecule has 4 aromatic heterocycles. The van der Waals surface area contributed by atoms with E-state index in [4.69, 9.17) is 4.74 Å². The summed E-state index contributed by atoms with van der Waals surface area (Å²) >= 11 is 1.29. The highest BCUT2D eigenvalue weighted by atomic mass is 32.1. The molecule has 1 amide bonds. The zero-order chi connectivity index (χ0) is 20.9. The molecule has 0 aliphatic rings. The van der Waals surface area contributed by atoms with Crippen LogP contribution < -0.4 is 10.1 Å². The SMILES string of the molecule is Cc1nc(OC(C)c2ccccn2)ccc1C(=O)Nc1nnc(-c2ccncc2)s1. The van der Waals surface area contributed by atoms with Gasteiger partial charge in [0.05, 0.1) is 17.0 Å². The van der Waals surface area contributed by atoms with Crippen LogP contribution in [0.5, 0.6) is 5.88 Å². The topological polar surface area (TPSA) is 103 Å². The third-order valence-electron chi connectivity index (χ3n) is 4.28. The van der Waals surface area contributed by atoms with E-state index in [0.717, 1.165) is 11.3 Å². The lowest BCUT2D eigenvalue weighted by atomic mass is 10.2. The Kier molecular flexibility index (Phi) is 5.71. The second-order valence-corrected chi connectivity index (χ2v) is 7.38. The van der Waals surface area contributed by atoms with Crippen LogP contribution in [-0.4, -0.2) is 31.1 Å². The van der Waals surface area contributed by atoms with Crippen molar-refractivity contribution in [2.24, 2.45) is 0 Å². The van der Waals surface area contributed by atoms with Gasteiger partial charge in [-0.05, 0) is 44.2 Å². The van der Waals surface area contributed by atoms with E-state index in [1.807, 2.05) is 37.3 Å². The molecule has 150 valence electrons. The van der Waals surface area contributed by atoms with Crippen molar-refractivity contribution in [3.63, 3.8) is 0 Å². The molecule has 1 unspecified atom stereocenters. The third-order valence-corrected chi connectivity index (χ3v) is 5.17. The molecular formula is C21H18N6O2S. The van der Waals surface area contributed by atoms with Crippen LogP contribution in [0.2, 0.25) is 0 Å². The number of carbonyl (C=O) groups excluding carboxylic acids is 1. The number of aromatic nitrogens is 5. The van der Waals surface area contributed by atoms with E-state index in [1.54, 1.807) is 37.6 Å². The highest BCUT2D eigenvalue weighted by Crippen LogP contribution is 2.26. The van der Waals surface area contributed by atoms with Crippen LogP contribution >= 0.6 is 11.3 Å². The minimum Gasteiger partial charge on any atom is -0.468 e. The summed E-state index contributed by atoms with van der Waals surface area (Å²) in [6.45, 7) is 3.66. The van der Waals surface area contributed by atoms with Crippen molar-refractivity contribution in [1.29, 1.82) is 0 Å². The molecule has 30 heavy (non-hydrogen) atoms. The molecule has 0 aliphatic heterocycles. The van der Waals surface area contributed by atoms with Crippen molar-refractivity contribution in [3.05, 3.63) is 78.0 Å². The Morgan fingerprint density at radius 2 is 1.90 bits per heavy atom. The Morgan fingerprint density at radius 1 is 1.07 bits per heavy atom. The lowest BCUT2D eigenvalue weighted by Gasteiger charge is -2.14. The summed E-state index contributed by atoms with van der Waals surface area (Å²) < 4.78 is 5.86. The van der Waals surface area contributed by atoms with E-state index in [0.29, 0.717) is 27.3 Å². The van der Waals surface area contributed by atoms with Gasteiger partial charge in [-0.1, -0.05) is 17.4 Å². The molecule has 0 spiro atoms. The average molecular weight is 418 g/mol. The van der Waals surface area contributed by atoms with Crippen LogP contribution in [0.1, 0.15) is 34.8 Å². The lowest BCUT2D eigenvalue weighted by molar-refractivity contribution is 0.102. The number of ether oxygens (including phenoxy) is 1. The Morgan fingerprint density at radius 3 is 2.63 bits per heavy atom. The second-order valence-electron chi connectivity index (χ2n) is 6.40. The maximum Gasteiger partial charge on any atom is 0.259 e. The molecule has 8 nitrogen and oxygen atoms in total. The standard InChI is InChI=1S/C21H18N6O2S/c1-13-16(6-7-18(24-13)29-14(2)17-5-3-4-10-23-17)19(28)25-21-27-26-20(30-21)15-8-11-22-12-9-15/h3-12,14H,1-2H3,(H,25,27,28). The Bertz CT molecular complexity index is 1150. The number of hydrogen-bond donors (Lipinski definition) is 1. The molecule has 0 saturated carbocycles. The molecule has 0 radical (unpaired) electrons. The molecule has 0 fully saturated rings. The monoisotopic (exact) mass is 418 g/mol. The summed E-state index contributed by atoms with van der Waals surface area (Å²) in [7, 11) is 0. The van der Waals surface area contributed by atoms with Crippen LogP contribution in [0.25, 0.3) is 10.6 Å². The molecule has 1 N–H and O–H groups in total. The average Bonchev–Trinajstić information content (AvgIpc) is 3.23. The first-order valence-corrected chi connectivity index (χ1v) is 10.0. The second kappa shape index (κ2) is 8.75. The van der Waals surface area contributed by atoms with Crippen LogP contribution in [0.4, 0.5) is 5.13 Å². The molecule has 4 heterocycles. The molecule has 0 aromatic carbocycles. The van der Waals surface area contributed by atoms with E-state index in [9.17, 15) is 4.79 Å². The van der Waals surface area contributed by atoms with Crippen molar-refractivity contribution in [3.8, 4) is 16.5 Å². The van der Waals surface area contributed by atoms with Crippen LogP contribution in [0, 0.1) is 6.92 Å². The Balaban J connectivity index is 1.44. The van der Waals surface area contributed by atoms with Crippen molar-refractivity contribution in [2.75, 3.05) is 5.32 Å². The van der Waals surface area contributed by atoms with Gasteiger partial charge in [0.25, 0.3) is 5.91 Å². The van der Waals surface area contributed by atoms with Gasteiger partial charge < -0.3 is 4.74 Å². The number of aryl methyl sites for hydroxylation is 1. The molecule has 0 aliphatic carbocycles. The number of pyridine rings is 3. The fraction of sp³-hybridized carbons (Fsp3) is 0.143. The summed E-state index contributed by atoms with van der Waals surface area (Å²) in [5.74, 6) is 0.125. The number of nitrogens with zero attached hydrogens (tertiary/aromatic N) is 5. The maximum atomic E-state index is 12.7. The van der Waals surface area contributed by atoms with Crippen molar-refractivity contribution in [1.82, 2.24) is 25.1 Å². The summed E-state index contributed by atoms with van der Waals surface area (Å²) in [6.07, 6.45) is 4.82. The highest BCUT2D eigenvalue weighted by Gasteiger charge is 2.16. The summed E-state index contributed by atoms with van der Waals surface area (Å²) in [4.78, 5) is 25.3. The maximum absolute atomic E-state index is 12.7. The fourth-order valence-electron chi connectivity index (χ4n) is 2.75. The van der Waals surface area contributed by atoms with E-state index in [2.05, 4.69) is 30.5 Å². The van der Waals surface area contributed by atoms with Crippen LogP contribution in [0.15, 0.2) is 61.1 Å². The van der Waals surface area contributed by atoms with Gasteiger partial charge in [-0.2, -0.15) is 0 Å². The van der Waals surface area contributed by atoms with Gasteiger partial charge >= 0.3 is 0 Å². The number of rotatable bonds is 6. The molecule has 9 heteroatoms. The zero-order valence-corrected chi connectivity index (χ0v) is 17.1. The van der Waals surface area contributed by atoms with E-state index < -0.39 is 0 Å². The van der Waals surface area contributed by atoms with Gasteiger partial charge in [0.2, 0.25) is 11.0 Å². The van der Waals surface area contributed by atoms with E-state index in [1.165, 1.54) is 11.3 Å². The first kappa shape index (κ1) is 19.6. The van der Waals surface area contributed by atoms with Gasteiger partial charge in [-0.15, -0.1) is 10.2 Å². The molecule has 1 atom stereocenters. The molecule has 4 rings (SSSR count). The predicted octanol–water partition coefficient (Wildman–Crippen LogP) is 4.09. The number of nitrogens with one attached hydrogen (secondary N) is 1. The molecular weight excluding hydrogens is 400 g/mol. The van der Waals surface area contributed by atoms with Gasteiger partial charge in [0, 0.05) is 30.2 Å². The third kappa shape index (κ3) is 4.47. The number of amides is 1. The molecule has 4 aromatic rings. The van der Waals surface area contributed by atoms with Crippen molar-refractivity contribution < 1.29 is 9.53 Å². The Hall–Kier alpha value is -3.72. The largest absolute Gasteiger partial charge is 0.468 e. The van der Waals surface area contributed by atoms with Gasteiger partial charge in [-0.3, -0.25) is 20.1 Å². The minimum absolute atomic E-state index is 0.259. The predicted molar refractivity (Wildman–Crippen MR) is 113 cm³/mol. The van der Waals surface area contributed by atoms with Crippen LogP contribution in [0.3, 0.4) is 0 Å². The summed E-state index contributed by atoms with van der Waals surface area (Å²) in [6, 6.07) is 12.7. The van der Waals surface area contributed by atoms with Gasteiger partial charge in [0.1, 0.15) is 11.1 Å². The first-order chi connectivity index (χ1) is 14.6. The fourth-order valence-corrected chi connectivity index (χ4v) is 3.50. The zero-order valence-electron chi connectivity index (χ0n) is 16.3. The van der Waals surface area contributed by atoms with E-state index in [-0.39, 0.29) is 12.0 Å². The van der Waals surface area contributed by atoms with Gasteiger partial charge in [0.15, 0.2) is 0 Å². The van der Waals surface area contributed by atoms with Crippen molar-refractivity contribution >= 4 is 22.4 Å². The lowest BCUT2D eigenvalue weighted by Crippen LogP contribution is -2.14. The smallest absolute Gasteiger partial charge is 0.259 e. The van der Waals surface area contributed by atoms with Crippen LogP contribution in [-0.2, 0) is 0 Å². The minimum atomic E-state index is -0.304. The summed E-state index contributed by atoms with van der Waals surface area (Å²) in [5.41, 5.74) is 2.69. The highest BCUT2D eigenvalue weighted by molar-refractivity contribution is 7.18. The number of hydrogen-bond acceptors (Lipinski definition) is 8. The first-order valence-electron chi connectivity index (χ1n) is 9.20. The normalized spacial score (nSPS) is 11.7. The number of anilines is 1. The van der Waals surface area contributed by atoms with Gasteiger partial charge in [-0.25, -0.2) is 4.98 Å². The van der Waals surface area contributed by atoms with Crippen molar-refractivity contribution in [2.45, 2.75) is 20.0 Å². The number of carbonyl (C=O) groups is 1.